The summed E-state index contributed by atoms with van der Waals surface area (Å²) in [5.74, 6) is 0.855. The third-order valence-electron chi connectivity index (χ3n) is 1.90. The van der Waals surface area contributed by atoms with E-state index in [1.807, 2.05) is 26.0 Å². The first-order valence-electron chi connectivity index (χ1n) is 3.56. The summed E-state index contributed by atoms with van der Waals surface area (Å²) in [7, 11) is 1.65. The van der Waals surface area contributed by atoms with Gasteiger partial charge < -0.3 is 10.5 Å². The molecule has 0 heterocycles. The van der Waals surface area contributed by atoms with Gasteiger partial charge in [0.1, 0.15) is 5.75 Å². The molecule has 1 rings (SSSR count). The molecule has 0 fully saturated rings. The summed E-state index contributed by atoms with van der Waals surface area (Å²) < 4.78 is 5.10. The van der Waals surface area contributed by atoms with Gasteiger partial charge in [-0.05, 0) is 25.5 Å². The van der Waals surface area contributed by atoms with E-state index in [-0.39, 0.29) is 0 Å². The number of rotatable bonds is 1. The van der Waals surface area contributed by atoms with Gasteiger partial charge in [-0.25, -0.2) is 0 Å². The van der Waals surface area contributed by atoms with Crippen molar-refractivity contribution in [1.82, 2.24) is 0 Å². The molecule has 0 aliphatic carbocycles. The number of benzene rings is 1. The summed E-state index contributed by atoms with van der Waals surface area (Å²) in [6, 6.07) is 3.89. The van der Waals surface area contributed by atoms with Crippen molar-refractivity contribution in [1.29, 1.82) is 0 Å². The van der Waals surface area contributed by atoms with Crippen LogP contribution >= 0.6 is 0 Å². The highest BCUT2D eigenvalue weighted by Gasteiger charge is 2.02. The molecule has 2 heteroatoms. The predicted octanol–water partition coefficient (Wildman–Crippen LogP) is 1.89. The summed E-state index contributed by atoms with van der Waals surface area (Å²) >= 11 is 0. The Morgan fingerprint density at radius 1 is 1.27 bits per heavy atom. The molecule has 1 aromatic rings. The van der Waals surface area contributed by atoms with E-state index in [1.165, 1.54) is 0 Å². The van der Waals surface area contributed by atoms with Gasteiger partial charge in [-0.3, -0.25) is 0 Å². The first-order valence-corrected chi connectivity index (χ1v) is 3.56. The number of anilines is 1. The lowest BCUT2D eigenvalue weighted by Gasteiger charge is -2.08. The number of aryl methyl sites for hydroxylation is 1. The number of nitrogen functional groups attached to an aromatic ring is 1. The summed E-state index contributed by atoms with van der Waals surface area (Å²) in [6.45, 7) is 3.95. The predicted molar refractivity (Wildman–Crippen MR) is 46.9 cm³/mol. The molecular weight excluding hydrogens is 138 g/mol. The Kier molecular flexibility index (Phi) is 2.03. The van der Waals surface area contributed by atoms with E-state index in [2.05, 4.69) is 0 Å². The Hall–Kier alpha value is -1.18. The van der Waals surface area contributed by atoms with Gasteiger partial charge in [0.15, 0.2) is 0 Å². The Bertz CT molecular complexity index is 269. The lowest BCUT2D eigenvalue weighted by Crippen LogP contribution is -1.96. The average Bonchev–Trinajstić information content (AvgIpc) is 2.01. The maximum atomic E-state index is 5.78. The molecule has 2 N–H and O–H groups in total. The summed E-state index contributed by atoms with van der Waals surface area (Å²) in [4.78, 5) is 0. The monoisotopic (exact) mass is 151 g/mol. The SMILES string of the molecule is COc1ccc(C)c(N)c1C. The van der Waals surface area contributed by atoms with Gasteiger partial charge in [0.25, 0.3) is 0 Å². The highest BCUT2D eigenvalue weighted by Crippen LogP contribution is 2.25. The van der Waals surface area contributed by atoms with Crippen LogP contribution in [0.1, 0.15) is 11.1 Å². The van der Waals surface area contributed by atoms with Crippen LogP contribution in [0.15, 0.2) is 12.1 Å². The van der Waals surface area contributed by atoms with Crippen molar-refractivity contribution in [2.75, 3.05) is 12.8 Å². The molecule has 1 aromatic carbocycles. The first kappa shape index (κ1) is 7.92. The van der Waals surface area contributed by atoms with E-state index in [9.17, 15) is 0 Å². The largest absolute Gasteiger partial charge is 0.496 e. The van der Waals surface area contributed by atoms with Crippen LogP contribution < -0.4 is 10.5 Å². The van der Waals surface area contributed by atoms with Crippen molar-refractivity contribution in [2.45, 2.75) is 13.8 Å². The molecule has 0 aromatic heterocycles. The Balaban J connectivity index is 3.25. The summed E-state index contributed by atoms with van der Waals surface area (Å²) in [6.07, 6.45) is 0. The Morgan fingerprint density at radius 3 is 2.45 bits per heavy atom. The zero-order valence-electron chi connectivity index (χ0n) is 7.14. The molecule has 11 heavy (non-hydrogen) atoms. The van der Waals surface area contributed by atoms with E-state index < -0.39 is 0 Å². The van der Waals surface area contributed by atoms with Crippen molar-refractivity contribution in [3.05, 3.63) is 23.3 Å². The van der Waals surface area contributed by atoms with Crippen LogP contribution in [0.5, 0.6) is 5.75 Å². The zero-order valence-corrected chi connectivity index (χ0v) is 7.14. The molecular formula is C9H13NO. The molecule has 0 aliphatic heterocycles. The van der Waals surface area contributed by atoms with Gasteiger partial charge >= 0.3 is 0 Å². The van der Waals surface area contributed by atoms with Crippen molar-refractivity contribution < 1.29 is 4.74 Å². The van der Waals surface area contributed by atoms with Crippen molar-refractivity contribution >= 4 is 5.69 Å². The van der Waals surface area contributed by atoms with E-state index in [0.29, 0.717) is 0 Å². The standard InChI is InChI=1S/C9H13NO/c1-6-4-5-8(11-3)7(2)9(6)10/h4-5H,10H2,1-3H3. The van der Waals surface area contributed by atoms with Crippen molar-refractivity contribution in [2.24, 2.45) is 0 Å². The second-order valence-corrected chi connectivity index (χ2v) is 2.62. The smallest absolute Gasteiger partial charge is 0.123 e. The minimum atomic E-state index is 0.823. The summed E-state index contributed by atoms with van der Waals surface area (Å²) in [5, 5.41) is 0. The quantitative estimate of drug-likeness (QED) is 0.622. The molecule has 0 saturated heterocycles. The lowest BCUT2D eigenvalue weighted by molar-refractivity contribution is 0.412. The molecule has 0 spiro atoms. The number of methoxy groups -OCH3 is 1. The van der Waals surface area contributed by atoms with Crippen LogP contribution in [-0.4, -0.2) is 7.11 Å². The molecule has 0 unspecified atom stereocenters. The van der Waals surface area contributed by atoms with Gasteiger partial charge in [0.2, 0.25) is 0 Å². The number of hydrogen-bond donors (Lipinski definition) is 1. The topological polar surface area (TPSA) is 35.2 Å². The Labute approximate surface area is 67.0 Å². The number of hydrogen-bond acceptors (Lipinski definition) is 2. The van der Waals surface area contributed by atoms with Crippen LogP contribution in [0.3, 0.4) is 0 Å². The third-order valence-corrected chi connectivity index (χ3v) is 1.90. The molecule has 0 bridgehead atoms. The van der Waals surface area contributed by atoms with Crippen LogP contribution in [0.2, 0.25) is 0 Å². The average molecular weight is 151 g/mol. The molecule has 0 saturated carbocycles. The molecule has 0 atom stereocenters. The van der Waals surface area contributed by atoms with Crippen molar-refractivity contribution in [3.63, 3.8) is 0 Å². The second-order valence-electron chi connectivity index (χ2n) is 2.62. The molecule has 0 aliphatic rings. The van der Waals surface area contributed by atoms with E-state index in [4.69, 9.17) is 10.5 Å². The third kappa shape index (κ3) is 1.29. The zero-order chi connectivity index (χ0) is 8.43. The number of nitrogens with two attached hydrogens (primary N) is 1. The summed E-state index contributed by atoms with van der Waals surface area (Å²) in [5.41, 5.74) is 8.72. The fraction of sp³-hybridized carbons (Fsp3) is 0.333. The van der Waals surface area contributed by atoms with Gasteiger partial charge in [0, 0.05) is 11.3 Å². The highest BCUT2D eigenvalue weighted by atomic mass is 16.5. The fourth-order valence-electron chi connectivity index (χ4n) is 1.07. The lowest BCUT2D eigenvalue weighted by atomic mass is 10.1. The minimum absolute atomic E-state index is 0.823. The van der Waals surface area contributed by atoms with Crippen LogP contribution in [0, 0.1) is 13.8 Å². The second kappa shape index (κ2) is 2.82. The van der Waals surface area contributed by atoms with Crippen LogP contribution in [-0.2, 0) is 0 Å². The maximum absolute atomic E-state index is 5.78. The van der Waals surface area contributed by atoms with Gasteiger partial charge in [-0.15, -0.1) is 0 Å². The maximum Gasteiger partial charge on any atom is 0.123 e. The molecule has 0 radical (unpaired) electrons. The molecule has 2 nitrogen and oxygen atoms in total. The molecule has 0 amide bonds. The highest BCUT2D eigenvalue weighted by molar-refractivity contribution is 5.58. The number of ether oxygens (including phenoxy) is 1. The van der Waals surface area contributed by atoms with E-state index >= 15 is 0 Å². The fourth-order valence-corrected chi connectivity index (χ4v) is 1.07. The van der Waals surface area contributed by atoms with E-state index in [0.717, 1.165) is 22.6 Å². The van der Waals surface area contributed by atoms with E-state index in [1.54, 1.807) is 7.11 Å². The Morgan fingerprint density at radius 2 is 1.91 bits per heavy atom. The normalized spacial score (nSPS) is 9.73. The van der Waals surface area contributed by atoms with Crippen LogP contribution in [0.4, 0.5) is 5.69 Å². The van der Waals surface area contributed by atoms with Gasteiger partial charge in [-0.2, -0.15) is 0 Å². The van der Waals surface area contributed by atoms with Gasteiger partial charge in [0.05, 0.1) is 7.11 Å². The first-order chi connectivity index (χ1) is 5.16. The van der Waals surface area contributed by atoms with Crippen LogP contribution in [0.25, 0.3) is 0 Å². The minimum Gasteiger partial charge on any atom is -0.496 e. The van der Waals surface area contributed by atoms with Crippen molar-refractivity contribution in [3.8, 4) is 5.75 Å². The molecule has 60 valence electrons. The van der Waals surface area contributed by atoms with Gasteiger partial charge in [-0.1, -0.05) is 6.07 Å².